The molecule has 0 spiro atoms. The van der Waals surface area contributed by atoms with Gasteiger partial charge in [-0.2, -0.15) is 4.98 Å². The van der Waals surface area contributed by atoms with E-state index in [0.29, 0.717) is 17.7 Å². The Hall–Kier alpha value is -2.87. The molecule has 8 nitrogen and oxygen atoms in total. The van der Waals surface area contributed by atoms with E-state index in [1.54, 1.807) is 0 Å². The second-order valence-corrected chi connectivity index (χ2v) is 8.54. The summed E-state index contributed by atoms with van der Waals surface area (Å²) in [7, 11) is 0. The SMILES string of the molecule is NC(=O)c1cnc(N[C@H](C2CC2)C2(N)CC2)nc1Nc1ccc2c(c1)CCCN2. The molecule has 2 saturated carbocycles. The van der Waals surface area contributed by atoms with Crippen molar-refractivity contribution in [2.24, 2.45) is 17.4 Å². The van der Waals surface area contributed by atoms with Gasteiger partial charge >= 0.3 is 0 Å². The monoisotopic (exact) mass is 393 g/mol. The lowest BCUT2D eigenvalue weighted by molar-refractivity contribution is 0.100. The second kappa shape index (κ2) is 6.88. The van der Waals surface area contributed by atoms with Crippen LogP contribution in [-0.4, -0.2) is 34.0 Å². The van der Waals surface area contributed by atoms with Crippen molar-refractivity contribution in [2.45, 2.75) is 50.1 Å². The average molecular weight is 393 g/mol. The lowest BCUT2D eigenvalue weighted by Crippen LogP contribution is -2.44. The summed E-state index contributed by atoms with van der Waals surface area (Å²) in [4.78, 5) is 20.8. The number of anilines is 4. The van der Waals surface area contributed by atoms with Gasteiger partial charge in [0.15, 0.2) is 0 Å². The summed E-state index contributed by atoms with van der Waals surface area (Å²) in [6.45, 7) is 0.997. The smallest absolute Gasteiger partial charge is 0.254 e. The molecule has 0 unspecified atom stereocenters. The average Bonchev–Trinajstić information content (AvgIpc) is 3.63. The molecule has 8 heteroatoms. The predicted octanol–water partition coefficient (Wildman–Crippen LogP) is 2.36. The summed E-state index contributed by atoms with van der Waals surface area (Å²) in [6, 6.07) is 6.29. The van der Waals surface area contributed by atoms with Gasteiger partial charge in [0.05, 0.1) is 0 Å². The van der Waals surface area contributed by atoms with Gasteiger partial charge in [-0.3, -0.25) is 4.79 Å². The van der Waals surface area contributed by atoms with E-state index in [1.807, 2.05) is 6.07 Å². The van der Waals surface area contributed by atoms with Crippen LogP contribution in [0.4, 0.5) is 23.1 Å². The molecular weight excluding hydrogens is 366 g/mol. The number of hydrogen-bond acceptors (Lipinski definition) is 7. The van der Waals surface area contributed by atoms with Crippen molar-refractivity contribution in [2.75, 3.05) is 22.5 Å². The Morgan fingerprint density at radius 1 is 1.31 bits per heavy atom. The Kier molecular flexibility index (Phi) is 4.31. The van der Waals surface area contributed by atoms with Crippen molar-refractivity contribution < 1.29 is 4.79 Å². The lowest BCUT2D eigenvalue weighted by atomic mass is 10.0. The first kappa shape index (κ1) is 18.2. The van der Waals surface area contributed by atoms with E-state index in [1.165, 1.54) is 24.6 Å². The summed E-state index contributed by atoms with van der Waals surface area (Å²) in [5.74, 6) is 0.905. The third kappa shape index (κ3) is 3.72. The normalized spacial score (nSPS) is 20.2. The van der Waals surface area contributed by atoms with Crippen LogP contribution in [0.15, 0.2) is 24.4 Å². The first-order valence-corrected chi connectivity index (χ1v) is 10.4. The largest absolute Gasteiger partial charge is 0.385 e. The quantitative estimate of drug-likeness (QED) is 0.488. The van der Waals surface area contributed by atoms with E-state index >= 15 is 0 Å². The Morgan fingerprint density at radius 2 is 2.14 bits per heavy atom. The number of carbonyl (C=O) groups excluding carboxylic acids is 1. The Bertz CT molecular complexity index is 952. The first-order chi connectivity index (χ1) is 14.0. The number of nitrogens with one attached hydrogen (secondary N) is 3. The van der Waals surface area contributed by atoms with Gasteiger partial charge in [0, 0.05) is 35.7 Å². The van der Waals surface area contributed by atoms with E-state index in [2.05, 4.69) is 38.1 Å². The van der Waals surface area contributed by atoms with Crippen molar-refractivity contribution in [3.63, 3.8) is 0 Å². The fourth-order valence-electron chi connectivity index (χ4n) is 4.17. The van der Waals surface area contributed by atoms with Crippen LogP contribution >= 0.6 is 0 Å². The highest BCUT2D eigenvalue weighted by molar-refractivity contribution is 5.98. The Balaban J connectivity index is 1.41. The number of nitrogens with zero attached hydrogens (tertiary/aromatic N) is 2. The number of benzene rings is 1. The molecule has 1 aromatic carbocycles. The summed E-state index contributed by atoms with van der Waals surface area (Å²) in [5, 5.41) is 10.1. The number of aromatic nitrogens is 2. The topological polar surface area (TPSA) is 131 Å². The molecule has 3 aliphatic rings. The molecule has 2 aliphatic carbocycles. The molecule has 0 bridgehead atoms. The number of carbonyl (C=O) groups is 1. The first-order valence-electron chi connectivity index (χ1n) is 10.4. The van der Waals surface area contributed by atoms with Gasteiger partial charge in [-0.1, -0.05) is 0 Å². The molecule has 29 heavy (non-hydrogen) atoms. The van der Waals surface area contributed by atoms with Crippen LogP contribution in [0.25, 0.3) is 0 Å². The van der Waals surface area contributed by atoms with Crippen molar-refractivity contribution in [1.82, 2.24) is 9.97 Å². The van der Waals surface area contributed by atoms with Crippen LogP contribution in [0.2, 0.25) is 0 Å². The fourth-order valence-corrected chi connectivity index (χ4v) is 4.17. The number of amides is 1. The number of hydrogen-bond donors (Lipinski definition) is 5. The fraction of sp³-hybridized carbons (Fsp3) is 0.476. The van der Waals surface area contributed by atoms with Crippen molar-refractivity contribution in [1.29, 1.82) is 0 Å². The maximum Gasteiger partial charge on any atom is 0.254 e. The van der Waals surface area contributed by atoms with Gasteiger partial charge in [0.25, 0.3) is 5.91 Å². The van der Waals surface area contributed by atoms with E-state index in [0.717, 1.165) is 43.6 Å². The second-order valence-electron chi connectivity index (χ2n) is 8.54. The minimum atomic E-state index is -0.560. The van der Waals surface area contributed by atoms with Crippen LogP contribution in [-0.2, 0) is 6.42 Å². The highest BCUT2D eigenvalue weighted by Crippen LogP contribution is 2.47. The van der Waals surface area contributed by atoms with Gasteiger partial charge in [0.2, 0.25) is 5.95 Å². The van der Waals surface area contributed by atoms with E-state index in [4.69, 9.17) is 11.5 Å². The summed E-state index contributed by atoms with van der Waals surface area (Å²) < 4.78 is 0. The molecule has 1 aromatic heterocycles. The molecule has 2 aromatic rings. The van der Waals surface area contributed by atoms with Crippen LogP contribution in [0.3, 0.4) is 0 Å². The molecular formula is C21H27N7O. The van der Waals surface area contributed by atoms with E-state index in [-0.39, 0.29) is 17.1 Å². The zero-order valence-electron chi connectivity index (χ0n) is 16.4. The molecule has 5 rings (SSSR count). The van der Waals surface area contributed by atoms with Crippen LogP contribution in [0.5, 0.6) is 0 Å². The van der Waals surface area contributed by atoms with Gasteiger partial charge in [-0.05, 0) is 68.2 Å². The molecule has 0 radical (unpaired) electrons. The molecule has 1 aliphatic heterocycles. The Morgan fingerprint density at radius 3 is 2.86 bits per heavy atom. The van der Waals surface area contributed by atoms with E-state index < -0.39 is 5.91 Å². The minimum Gasteiger partial charge on any atom is -0.385 e. The summed E-state index contributed by atoms with van der Waals surface area (Å²) in [6.07, 6.45) is 8.03. The molecule has 1 amide bonds. The van der Waals surface area contributed by atoms with Gasteiger partial charge in [-0.15, -0.1) is 0 Å². The van der Waals surface area contributed by atoms with Crippen molar-refractivity contribution in [3.8, 4) is 0 Å². The molecule has 0 saturated heterocycles. The highest BCUT2D eigenvalue weighted by atomic mass is 16.1. The summed E-state index contributed by atoms with van der Waals surface area (Å²) in [5.41, 5.74) is 15.4. The predicted molar refractivity (Wildman–Crippen MR) is 113 cm³/mol. The maximum absolute atomic E-state index is 11.9. The molecule has 2 fully saturated rings. The third-order valence-electron chi connectivity index (χ3n) is 6.19. The van der Waals surface area contributed by atoms with Crippen LogP contribution < -0.4 is 27.4 Å². The Labute approximate surface area is 169 Å². The van der Waals surface area contributed by atoms with Crippen LogP contribution in [0, 0.1) is 5.92 Å². The lowest BCUT2D eigenvalue weighted by Gasteiger charge is -2.25. The standard InChI is InChI=1S/C21H27N7O/c22-18(29)15-11-25-20(27-17(12-3-4-12)21(23)7-8-21)28-19(15)26-14-5-6-16-13(10-14)2-1-9-24-16/h5-6,10-12,17,24H,1-4,7-9,23H2,(H2,22,29)(H2,25,26,27,28)/t17-/m1/s1. The zero-order valence-corrected chi connectivity index (χ0v) is 16.4. The minimum absolute atomic E-state index is 0.161. The van der Waals surface area contributed by atoms with Gasteiger partial charge in [-0.25, -0.2) is 4.98 Å². The highest BCUT2D eigenvalue weighted by Gasteiger charge is 2.52. The number of nitrogens with two attached hydrogens (primary N) is 2. The number of fused-ring (bicyclic) bond motifs is 1. The van der Waals surface area contributed by atoms with Crippen molar-refractivity contribution in [3.05, 3.63) is 35.5 Å². The maximum atomic E-state index is 11.9. The number of rotatable bonds is 7. The summed E-state index contributed by atoms with van der Waals surface area (Å²) >= 11 is 0. The zero-order chi connectivity index (χ0) is 20.0. The molecule has 7 N–H and O–H groups in total. The van der Waals surface area contributed by atoms with Crippen molar-refractivity contribution >= 4 is 29.0 Å². The number of primary amides is 1. The molecule has 152 valence electrons. The third-order valence-corrected chi connectivity index (χ3v) is 6.19. The van der Waals surface area contributed by atoms with E-state index in [9.17, 15) is 4.79 Å². The molecule has 2 heterocycles. The van der Waals surface area contributed by atoms with Gasteiger partial charge < -0.3 is 27.4 Å². The van der Waals surface area contributed by atoms with Gasteiger partial charge in [0.1, 0.15) is 11.4 Å². The van der Waals surface area contributed by atoms with Crippen LogP contribution in [0.1, 0.15) is 48.0 Å². The molecule has 1 atom stereocenters. The number of aryl methyl sites for hydroxylation is 1.